The summed E-state index contributed by atoms with van der Waals surface area (Å²) in [5, 5.41) is 19.1. The highest BCUT2D eigenvalue weighted by molar-refractivity contribution is 6.00. The number of rotatable bonds is 13. The molecule has 4 heterocycles. The van der Waals surface area contributed by atoms with Crippen molar-refractivity contribution in [2.45, 2.75) is 92.1 Å². The van der Waals surface area contributed by atoms with Crippen LogP contribution in [0.15, 0.2) is 66.9 Å². The van der Waals surface area contributed by atoms with E-state index < -0.39 is 0 Å². The number of aromatic nitrogens is 3. The molecule has 2 amide bonds. The molecule has 4 N–H and O–H groups in total. The van der Waals surface area contributed by atoms with Gasteiger partial charge in [0.15, 0.2) is 5.65 Å². The molecule has 1 atom stereocenters. The van der Waals surface area contributed by atoms with Crippen LogP contribution in [0.2, 0.25) is 0 Å². The number of hydrogen-bond donors (Lipinski definition) is 4. The number of carbonyl (C=O) groups excluding carboxylic acids is 2. The number of carbonyl (C=O) groups is 2. The Bertz CT molecular complexity index is 2190. The van der Waals surface area contributed by atoms with Crippen LogP contribution in [0.1, 0.15) is 87.8 Å². The SMILES string of the molecule is CCc1nc2c(cnn2CC)c(NC2CCOCC2)c1CNC(=O)c1cc(C)cc(C(=O)NCc2ccc(C)c(-c3cccc(CN4CCN[C@H](C)C4)c3)c2)c1. The van der Waals surface area contributed by atoms with Crippen molar-refractivity contribution in [3.05, 3.63) is 111 Å². The van der Waals surface area contributed by atoms with Crippen molar-refractivity contribution < 1.29 is 14.3 Å². The first kappa shape index (κ1) is 39.1. The van der Waals surface area contributed by atoms with E-state index in [4.69, 9.17) is 9.72 Å². The lowest BCUT2D eigenvalue weighted by atomic mass is 9.96. The number of hydrogen-bond acceptors (Lipinski definition) is 8. The average molecular weight is 757 g/mol. The summed E-state index contributed by atoms with van der Waals surface area (Å²) in [5.74, 6) is -0.473. The van der Waals surface area contributed by atoms with Crippen LogP contribution in [0.25, 0.3) is 22.2 Å². The molecule has 0 bridgehead atoms. The van der Waals surface area contributed by atoms with Crippen LogP contribution >= 0.6 is 0 Å². The number of nitrogens with zero attached hydrogens (tertiary/aromatic N) is 4. The van der Waals surface area contributed by atoms with Crippen LogP contribution in [0, 0.1) is 13.8 Å². The summed E-state index contributed by atoms with van der Waals surface area (Å²) in [4.78, 5) is 34.9. The lowest BCUT2D eigenvalue weighted by Crippen LogP contribution is -2.48. The molecule has 0 aliphatic carbocycles. The quantitative estimate of drug-likeness (QED) is 0.107. The van der Waals surface area contributed by atoms with Crippen molar-refractivity contribution in [3.8, 4) is 11.1 Å². The lowest BCUT2D eigenvalue weighted by Gasteiger charge is -2.31. The van der Waals surface area contributed by atoms with E-state index in [1.165, 1.54) is 16.7 Å². The summed E-state index contributed by atoms with van der Waals surface area (Å²) < 4.78 is 7.53. The highest BCUT2D eigenvalue weighted by Gasteiger charge is 2.23. The molecule has 56 heavy (non-hydrogen) atoms. The molecule has 11 nitrogen and oxygen atoms in total. The van der Waals surface area contributed by atoms with Gasteiger partial charge in [0, 0.05) is 93.5 Å². The molecule has 2 aliphatic rings. The highest BCUT2D eigenvalue weighted by Crippen LogP contribution is 2.32. The summed E-state index contributed by atoms with van der Waals surface area (Å²) in [6.45, 7) is 17.3. The monoisotopic (exact) mass is 756 g/mol. The van der Waals surface area contributed by atoms with Crippen molar-refractivity contribution >= 4 is 28.5 Å². The first-order valence-electron chi connectivity index (χ1n) is 20.2. The number of amides is 2. The average Bonchev–Trinajstić information content (AvgIpc) is 3.63. The molecule has 2 aromatic heterocycles. The van der Waals surface area contributed by atoms with Crippen LogP contribution in [-0.2, 0) is 37.3 Å². The Kier molecular flexibility index (Phi) is 12.4. The largest absolute Gasteiger partial charge is 0.381 e. The van der Waals surface area contributed by atoms with Crippen LogP contribution in [-0.4, -0.2) is 76.4 Å². The van der Waals surface area contributed by atoms with Gasteiger partial charge in [0.25, 0.3) is 11.8 Å². The van der Waals surface area contributed by atoms with Gasteiger partial charge >= 0.3 is 0 Å². The minimum Gasteiger partial charge on any atom is -0.381 e. The van der Waals surface area contributed by atoms with Gasteiger partial charge in [-0.3, -0.25) is 14.5 Å². The molecule has 7 rings (SSSR count). The molecule has 294 valence electrons. The first-order valence-corrected chi connectivity index (χ1v) is 20.2. The third-order valence-corrected chi connectivity index (χ3v) is 11.1. The van der Waals surface area contributed by atoms with E-state index >= 15 is 0 Å². The Morgan fingerprint density at radius 3 is 2.43 bits per heavy atom. The number of ether oxygens (including phenoxy) is 1. The number of benzene rings is 3. The third kappa shape index (κ3) is 9.12. The van der Waals surface area contributed by atoms with Crippen molar-refractivity contribution in [3.63, 3.8) is 0 Å². The standard InChI is InChI=1S/C45H56N8O3/c1-6-41-39(42(50-37-13-17-56-18-14-37)40-26-49-53(7-2)43(40)51-41)25-48-45(55)36-20-29(3)19-35(23-36)44(54)47-24-32-12-11-30(4)38(22-32)34-10-8-9-33(21-34)28-52-16-15-46-31(5)27-52/h8-12,19-23,26,31,37,46H,6-7,13-18,24-25,27-28H2,1-5H3,(H,47,54)(H,48,55)(H,50,51)/t31-/m1/s1. The second-order valence-corrected chi connectivity index (χ2v) is 15.4. The number of fused-ring (bicyclic) bond motifs is 1. The topological polar surface area (TPSA) is 125 Å². The zero-order valence-corrected chi connectivity index (χ0v) is 33.5. The molecule has 2 saturated heterocycles. The van der Waals surface area contributed by atoms with E-state index in [1.807, 2.05) is 29.9 Å². The van der Waals surface area contributed by atoms with Gasteiger partial charge in [-0.05, 0) is 111 Å². The minimum atomic E-state index is -0.247. The number of piperazine rings is 1. The summed E-state index contributed by atoms with van der Waals surface area (Å²) in [6.07, 6.45) is 4.39. The zero-order valence-electron chi connectivity index (χ0n) is 33.5. The van der Waals surface area contributed by atoms with Crippen LogP contribution in [0.4, 0.5) is 5.69 Å². The second-order valence-electron chi connectivity index (χ2n) is 15.4. The van der Waals surface area contributed by atoms with E-state index in [2.05, 4.69) is 101 Å². The van der Waals surface area contributed by atoms with Gasteiger partial charge in [0.1, 0.15) is 0 Å². The molecule has 0 saturated carbocycles. The van der Waals surface area contributed by atoms with Gasteiger partial charge < -0.3 is 26.0 Å². The molecule has 2 aliphatic heterocycles. The number of anilines is 1. The third-order valence-electron chi connectivity index (χ3n) is 11.1. The summed E-state index contributed by atoms with van der Waals surface area (Å²) >= 11 is 0. The number of nitrogens with one attached hydrogen (secondary N) is 4. The molecule has 0 spiro atoms. The predicted octanol–water partition coefficient (Wildman–Crippen LogP) is 6.54. The van der Waals surface area contributed by atoms with E-state index in [-0.39, 0.29) is 24.4 Å². The Hall–Kier alpha value is -5.10. The molecular formula is C45H56N8O3. The molecule has 3 aromatic carbocycles. The molecule has 2 fully saturated rings. The fourth-order valence-corrected chi connectivity index (χ4v) is 8.04. The van der Waals surface area contributed by atoms with Crippen molar-refractivity contribution in [1.29, 1.82) is 0 Å². The summed E-state index contributed by atoms with van der Waals surface area (Å²) in [7, 11) is 0. The predicted molar refractivity (Wildman–Crippen MR) is 223 cm³/mol. The van der Waals surface area contributed by atoms with E-state index in [0.717, 1.165) is 83.7 Å². The van der Waals surface area contributed by atoms with Gasteiger partial charge in [-0.2, -0.15) is 5.10 Å². The zero-order chi connectivity index (χ0) is 39.2. The van der Waals surface area contributed by atoms with Gasteiger partial charge in [0.2, 0.25) is 0 Å². The Morgan fingerprint density at radius 1 is 0.929 bits per heavy atom. The van der Waals surface area contributed by atoms with E-state index in [9.17, 15) is 9.59 Å². The molecule has 0 radical (unpaired) electrons. The first-order chi connectivity index (χ1) is 27.2. The lowest BCUT2D eigenvalue weighted by molar-refractivity contribution is 0.0904. The fourth-order valence-electron chi connectivity index (χ4n) is 8.04. The summed E-state index contributed by atoms with van der Waals surface area (Å²) in [5.41, 5.74) is 11.2. The van der Waals surface area contributed by atoms with E-state index in [0.29, 0.717) is 49.9 Å². The second kappa shape index (κ2) is 17.8. The Labute approximate surface area is 330 Å². The van der Waals surface area contributed by atoms with Crippen LogP contribution < -0.4 is 21.3 Å². The highest BCUT2D eigenvalue weighted by atomic mass is 16.5. The maximum Gasteiger partial charge on any atom is 0.251 e. The smallest absolute Gasteiger partial charge is 0.251 e. The maximum atomic E-state index is 13.8. The normalized spacial score (nSPS) is 16.6. The Balaban J connectivity index is 1.04. The van der Waals surface area contributed by atoms with Crippen molar-refractivity contribution in [2.24, 2.45) is 0 Å². The van der Waals surface area contributed by atoms with Crippen molar-refractivity contribution in [2.75, 3.05) is 38.2 Å². The van der Waals surface area contributed by atoms with Crippen molar-refractivity contribution in [1.82, 2.24) is 35.6 Å². The molecular weight excluding hydrogens is 701 g/mol. The molecule has 0 unspecified atom stereocenters. The van der Waals surface area contributed by atoms with Crippen LogP contribution in [0.5, 0.6) is 0 Å². The van der Waals surface area contributed by atoms with Gasteiger partial charge in [-0.15, -0.1) is 0 Å². The maximum absolute atomic E-state index is 13.8. The number of pyridine rings is 1. The summed E-state index contributed by atoms with van der Waals surface area (Å²) in [6, 6.07) is 21.2. The van der Waals surface area contributed by atoms with Gasteiger partial charge in [0.05, 0.1) is 17.3 Å². The minimum absolute atomic E-state index is 0.226. The Morgan fingerprint density at radius 2 is 1.70 bits per heavy atom. The van der Waals surface area contributed by atoms with Gasteiger partial charge in [-0.1, -0.05) is 37.3 Å². The molecule has 5 aromatic rings. The van der Waals surface area contributed by atoms with Gasteiger partial charge in [-0.25, -0.2) is 9.67 Å². The van der Waals surface area contributed by atoms with Crippen LogP contribution in [0.3, 0.4) is 0 Å². The van der Waals surface area contributed by atoms with E-state index in [1.54, 1.807) is 6.07 Å². The fraction of sp³-hybridized carbons (Fsp3) is 0.422. The molecule has 11 heteroatoms. The number of aryl methyl sites for hydroxylation is 4.